The zero-order chi connectivity index (χ0) is 109. The number of amides is 2. The lowest BCUT2D eigenvalue weighted by molar-refractivity contribution is -0.347. The fraction of sp³-hybridized carbons (Fsp3) is 0.586. The number of hydrogen-bond donors (Lipinski definition) is 7. The van der Waals surface area contributed by atoms with Crippen LogP contribution in [0.3, 0.4) is 0 Å². The second-order valence-electron chi connectivity index (χ2n) is 42.4. The average Bonchev–Trinajstić information content (AvgIpc) is 0.669. The third kappa shape index (κ3) is 25.0. The van der Waals surface area contributed by atoms with E-state index in [1.807, 2.05) is 58.0 Å². The molecule has 149 heavy (non-hydrogen) atoms. The number of ether oxygens (including phenoxy) is 19. The maximum Gasteiger partial charge on any atom is 0.408 e. The Bertz CT molecular complexity index is 5580. The first-order chi connectivity index (χ1) is 70.5. The number of carbonyl (C=O) groups is 12. The predicted molar refractivity (Wildman–Crippen MR) is 531 cm³/mol. The number of hydrogen-bond acceptors (Lipinski definition) is 36. The van der Waals surface area contributed by atoms with E-state index in [9.17, 15) is 58.8 Å². The Labute approximate surface area is 868 Å². The van der Waals surface area contributed by atoms with Gasteiger partial charge in [0, 0.05) is 77.7 Å². The number of carbonyl (C=O) groups excluding carboxylic acids is 12. The Morgan fingerprint density at radius 1 is 0.490 bits per heavy atom. The van der Waals surface area contributed by atoms with Crippen molar-refractivity contribution in [1.29, 1.82) is 0 Å². The van der Waals surface area contributed by atoms with Crippen LogP contribution in [0.5, 0.6) is 0 Å². The van der Waals surface area contributed by atoms with Crippen LogP contribution in [0.15, 0.2) is 174 Å². The van der Waals surface area contributed by atoms with Gasteiger partial charge in [-0.1, -0.05) is 162 Å². The minimum atomic E-state index is -2.36. The number of rotatable bonds is 41. The molecule has 38 nitrogen and oxygen atoms in total. The third-order valence-electron chi connectivity index (χ3n) is 30.2. The van der Waals surface area contributed by atoms with Crippen molar-refractivity contribution in [1.82, 2.24) is 16.0 Å². The summed E-state index contributed by atoms with van der Waals surface area (Å²) in [6.07, 6.45) is -15.4. The SMILES string of the molecule is CCCOCCOCC(=O)O[C@@H](C(=O)O[C@H]1C[C@@]2(O)[C@@H](OC(=O)c3ccccc3)[C@@H]3[C@]4(OC(C)=O)CO[C@@H]4C[C@H](OC)[C@@]3(C)C(=O)[C@H](CO)C(=C1C)C2(C)C)[C@@H](NCOC(C)(C)C)c1ccccc1.CO[C@H]1C[C@H]2OC[C@@]2(OC(C)=O)[C@H]2[C@H](OC(=O)c3ccccc3)[C@]3(O)C[C@H](OC(=O)[C@H](OC(=O)COCCOCCNC(=O)OCc4ccccc4)[C@@H](NC(=O)OC(C)(C)C)c4ccccc4)C(C)=C([C@@H](CO)C(=O)[C@]12C)C3(C)C. The van der Waals surface area contributed by atoms with Crippen LogP contribution < -0.4 is 16.0 Å². The molecule has 6 fully saturated rings. The van der Waals surface area contributed by atoms with Crippen LogP contribution in [0.25, 0.3) is 0 Å². The summed E-state index contributed by atoms with van der Waals surface area (Å²) in [6, 6.07) is 39.6. The first-order valence-corrected chi connectivity index (χ1v) is 50.4. The zero-order valence-electron chi connectivity index (χ0n) is 88.3. The molecule has 5 aromatic carbocycles. The lowest BCUT2D eigenvalue weighted by Gasteiger charge is -2.68. The van der Waals surface area contributed by atoms with Gasteiger partial charge in [0.1, 0.15) is 79.3 Å². The molecule has 4 bridgehead atoms. The molecule has 8 aliphatic rings. The minimum Gasteiger partial charge on any atom is -0.455 e. The molecule has 38 heteroatoms. The number of aliphatic hydroxyl groups is 4. The van der Waals surface area contributed by atoms with E-state index in [4.69, 9.17) is 90.0 Å². The van der Waals surface area contributed by atoms with E-state index < -0.39 is 263 Å². The highest BCUT2D eigenvalue weighted by molar-refractivity contribution is 5.95. The van der Waals surface area contributed by atoms with Crippen LogP contribution in [-0.4, -0.2) is 293 Å². The lowest BCUT2D eigenvalue weighted by atomic mass is 9.43. The molecule has 7 N–H and O–H groups in total. The van der Waals surface area contributed by atoms with Crippen LogP contribution in [0.4, 0.5) is 9.59 Å². The number of aliphatic hydroxyl groups excluding tert-OH is 2. The molecule has 13 rings (SSSR count). The minimum absolute atomic E-state index is 0.0119. The van der Waals surface area contributed by atoms with Gasteiger partial charge in [-0.2, -0.15) is 0 Å². The molecule has 2 heterocycles. The highest BCUT2D eigenvalue weighted by atomic mass is 16.7. The largest absolute Gasteiger partial charge is 0.455 e. The van der Waals surface area contributed by atoms with Gasteiger partial charge in [-0.05, 0) is 139 Å². The summed E-state index contributed by atoms with van der Waals surface area (Å²) in [4.78, 5) is 171. The number of methoxy groups -OCH3 is 2. The van der Waals surface area contributed by atoms with Crippen molar-refractivity contribution in [2.24, 2.45) is 45.3 Å². The number of alkyl carbamates (subject to hydrolysis) is 2. The van der Waals surface area contributed by atoms with Gasteiger partial charge in [-0.25, -0.2) is 38.4 Å². The van der Waals surface area contributed by atoms with E-state index in [0.29, 0.717) is 17.7 Å². The van der Waals surface area contributed by atoms with Gasteiger partial charge in [0.15, 0.2) is 22.8 Å². The normalized spacial score (nSPS) is 28.7. The van der Waals surface area contributed by atoms with Crippen LogP contribution >= 0.6 is 0 Å². The second kappa shape index (κ2) is 49.0. The smallest absolute Gasteiger partial charge is 0.408 e. The number of Topliss-reactive ketones (excluding diaryl/α,β-unsaturated/α-hetero) is 2. The standard InChI is InChI=1S/C59H74N2O19.C52H71NO16/c1-35-41(30-59(70)50(78-51(66)39-23-17-12-18-24-39)48-57(8,49(65)40(31-62)45(35)56(59,6)7)42(71-9)29-43-58(48,34-75-43)79-36(2)63)76-52(67)47(46(38-21-15-11-16-22-38)61-54(69)80-55(3,4)5)77-44(64)33-73-28-27-72-26-25-60-53(68)74-32-37-19-13-10-14-20-37;1-11-22-62-23-24-63-28-39(56)67-42(41(33-18-14-12-15-19-33)53-30-65-48(4,5)6)47(59)66-36-26-52(60)45(68-46(58)34-20-16-13-17-21-34)43-50(9,44(57)35(27-54)40(31(36)2)49(52,7)8)37(61-10)25-38-51(43,29-64-38)69-32(3)55/h10-24,40-43,46-48,50,62,70H,25-34H2,1-9H3,(H,60,68)(H,61,69);12-21,35-38,41-43,45,53-54,60H,11,22-30H2,1-10H3/t40-,41+,42+,43-,46+,47-,48+,50+,57-,58+,59-;35-,36+,37+,38-,41+,42-,43+,45+,50-,51+,52-/m11/s1. The Morgan fingerprint density at radius 2 is 0.879 bits per heavy atom. The van der Waals surface area contributed by atoms with Crippen LogP contribution in [0.1, 0.15) is 199 Å². The molecular formula is C111H145N3O35. The predicted octanol–water partition coefficient (Wildman–Crippen LogP) is 10.7. The quantitative estimate of drug-likeness (QED) is 0.00628. The third-order valence-corrected chi connectivity index (χ3v) is 30.2. The van der Waals surface area contributed by atoms with Crippen LogP contribution in [0.2, 0.25) is 0 Å². The van der Waals surface area contributed by atoms with E-state index >= 15 is 19.2 Å². The van der Waals surface area contributed by atoms with E-state index in [1.165, 1.54) is 40.2 Å². The van der Waals surface area contributed by atoms with E-state index in [-0.39, 0.29) is 112 Å². The molecule has 814 valence electrons. The van der Waals surface area contributed by atoms with Crippen LogP contribution in [-0.2, 0) is 135 Å². The molecular weight excluding hydrogens is 1940 g/mol. The Kier molecular flexibility index (Phi) is 38.2. The van der Waals surface area contributed by atoms with Gasteiger partial charge in [-0.3, -0.25) is 24.5 Å². The molecule has 0 spiro atoms. The Morgan fingerprint density at radius 3 is 1.26 bits per heavy atom. The molecule has 2 saturated heterocycles. The molecule has 22 atom stereocenters. The number of fused-ring (bicyclic) bond motifs is 10. The number of nitrogens with one attached hydrogen (secondary N) is 3. The number of ketones is 2. The topological polar surface area (TPSA) is 497 Å². The molecule has 0 unspecified atom stereocenters. The van der Waals surface area contributed by atoms with Crippen molar-refractivity contribution >= 4 is 71.5 Å². The average molecular weight is 2080 g/mol. The summed E-state index contributed by atoms with van der Waals surface area (Å²) in [5.74, 6) is -14.1. The maximum absolute atomic E-state index is 15.8. The lowest BCUT2D eigenvalue weighted by Crippen LogP contribution is -2.81. The van der Waals surface area contributed by atoms with Gasteiger partial charge in [0.2, 0.25) is 12.2 Å². The summed E-state index contributed by atoms with van der Waals surface area (Å²) in [6.45, 7) is 25.6. The van der Waals surface area contributed by atoms with Crippen molar-refractivity contribution < 1.29 is 168 Å². The maximum atomic E-state index is 15.8. The monoisotopic (exact) mass is 2080 g/mol. The zero-order valence-corrected chi connectivity index (χ0v) is 88.3. The molecule has 5 aromatic rings. The van der Waals surface area contributed by atoms with Gasteiger partial charge in [-0.15, -0.1) is 0 Å². The molecule has 6 aliphatic carbocycles. The fourth-order valence-electron chi connectivity index (χ4n) is 23.0. The van der Waals surface area contributed by atoms with E-state index in [1.54, 1.807) is 185 Å². The molecule has 2 aliphatic heterocycles. The molecule has 0 aromatic heterocycles. The van der Waals surface area contributed by atoms with E-state index in [0.717, 1.165) is 12.0 Å². The number of benzene rings is 5. The summed E-state index contributed by atoms with van der Waals surface area (Å²) in [5, 5.41) is 59.4. The van der Waals surface area contributed by atoms with E-state index in [2.05, 4.69) is 16.0 Å². The number of esters is 8. The van der Waals surface area contributed by atoms with Crippen molar-refractivity contribution in [2.75, 3.05) is 107 Å². The summed E-state index contributed by atoms with van der Waals surface area (Å²) in [5.41, 5.74) is -13.3. The first-order valence-electron chi connectivity index (χ1n) is 50.4. The highest BCUT2D eigenvalue weighted by Gasteiger charge is 2.81. The Balaban J connectivity index is 0.000000267. The van der Waals surface area contributed by atoms with Crippen LogP contribution in [0, 0.1) is 45.3 Å². The van der Waals surface area contributed by atoms with Crippen molar-refractivity contribution in [2.45, 2.75) is 263 Å². The fourth-order valence-corrected chi connectivity index (χ4v) is 23.0. The molecule has 4 saturated carbocycles. The molecule has 0 radical (unpaired) electrons. The van der Waals surface area contributed by atoms with Crippen molar-refractivity contribution in [3.63, 3.8) is 0 Å². The first kappa shape index (κ1) is 116. The Hall–Kier alpha value is -11.3. The summed E-state index contributed by atoms with van der Waals surface area (Å²) < 4.78 is 114. The van der Waals surface area contributed by atoms with Crippen molar-refractivity contribution in [3.8, 4) is 0 Å². The highest BCUT2D eigenvalue weighted by Crippen LogP contribution is 2.68. The second-order valence-corrected chi connectivity index (χ2v) is 42.4. The van der Waals surface area contributed by atoms with Gasteiger partial charge in [0.25, 0.3) is 0 Å². The molecule has 2 amide bonds. The summed E-state index contributed by atoms with van der Waals surface area (Å²) >= 11 is 0. The summed E-state index contributed by atoms with van der Waals surface area (Å²) in [7, 11) is 2.83. The van der Waals surface area contributed by atoms with Gasteiger partial charge >= 0.3 is 59.9 Å². The van der Waals surface area contributed by atoms with Gasteiger partial charge in [0.05, 0.1) is 136 Å². The van der Waals surface area contributed by atoms with Gasteiger partial charge < -0.3 is 121 Å². The van der Waals surface area contributed by atoms with Crippen molar-refractivity contribution in [3.05, 3.63) is 202 Å².